The number of aromatic nitrogens is 1. The topological polar surface area (TPSA) is 51.7 Å². The SMILES string of the molecule is CC1(C)OB(c2cnc3c(c2)CCN3C(=O)Cc2ccccc2Cl)OC1(C)C. The van der Waals surface area contributed by atoms with E-state index in [1.54, 1.807) is 17.2 Å². The number of amides is 1. The molecule has 28 heavy (non-hydrogen) atoms. The molecule has 0 saturated carbocycles. The number of benzene rings is 1. The number of hydrogen-bond donors (Lipinski definition) is 0. The van der Waals surface area contributed by atoms with Crippen molar-refractivity contribution in [2.45, 2.75) is 51.7 Å². The van der Waals surface area contributed by atoms with Crippen molar-refractivity contribution in [2.24, 2.45) is 0 Å². The van der Waals surface area contributed by atoms with Gasteiger partial charge in [0.1, 0.15) is 5.82 Å². The van der Waals surface area contributed by atoms with E-state index in [9.17, 15) is 4.79 Å². The average molecular weight is 399 g/mol. The minimum absolute atomic E-state index is 0.00253. The third kappa shape index (κ3) is 3.34. The maximum absolute atomic E-state index is 12.8. The lowest BCUT2D eigenvalue weighted by Gasteiger charge is -2.32. The van der Waals surface area contributed by atoms with Gasteiger partial charge in [-0.3, -0.25) is 9.69 Å². The molecule has 1 saturated heterocycles. The van der Waals surface area contributed by atoms with Gasteiger partial charge in [-0.15, -0.1) is 0 Å². The number of nitrogens with zero attached hydrogens (tertiary/aromatic N) is 2. The lowest BCUT2D eigenvalue weighted by atomic mass is 9.79. The van der Waals surface area contributed by atoms with Crippen molar-refractivity contribution in [3.63, 3.8) is 0 Å². The van der Waals surface area contributed by atoms with E-state index in [1.807, 2.05) is 52.0 Å². The van der Waals surface area contributed by atoms with Crippen molar-refractivity contribution in [3.05, 3.63) is 52.7 Å². The Balaban J connectivity index is 1.53. The van der Waals surface area contributed by atoms with Gasteiger partial charge in [-0.05, 0) is 51.3 Å². The van der Waals surface area contributed by atoms with Crippen molar-refractivity contribution < 1.29 is 14.1 Å². The van der Waals surface area contributed by atoms with Gasteiger partial charge in [-0.1, -0.05) is 35.9 Å². The van der Waals surface area contributed by atoms with Crippen LogP contribution in [0.25, 0.3) is 0 Å². The van der Waals surface area contributed by atoms with E-state index in [4.69, 9.17) is 20.9 Å². The summed E-state index contributed by atoms with van der Waals surface area (Å²) in [4.78, 5) is 19.1. The predicted molar refractivity (Wildman–Crippen MR) is 111 cm³/mol. The molecule has 146 valence electrons. The minimum Gasteiger partial charge on any atom is -0.399 e. The van der Waals surface area contributed by atoms with E-state index >= 15 is 0 Å². The third-order valence-electron chi connectivity index (χ3n) is 5.95. The molecule has 0 radical (unpaired) electrons. The summed E-state index contributed by atoms with van der Waals surface area (Å²) in [5.74, 6) is 0.722. The van der Waals surface area contributed by atoms with Crippen molar-refractivity contribution in [3.8, 4) is 0 Å². The molecule has 0 unspecified atom stereocenters. The number of carbonyl (C=O) groups excluding carboxylic acids is 1. The second-order valence-electron chi connectivity index (χ2n) is 8.40. The molecule has 7 heteroatoms. The first-order chi connectivity index (χ1) is 13.2. The van der Waals surface area contributed by atoms with Gasteiger partial charge in [0.2, 0.25) is 5.91 Å². The lowest BCUT2D eigenvalue weighted by Crippen LogP contribution is -2.41. The average Bonchev–Trinajstić information content (AvgIpc) is 3.14. The van der Waals surface area contributed by atoms with Crippen LogP contribution in [0.15, 0.2) is 36.5 Å². The largest absolute Gasteiger partial charge is 0.496 e. The van der Waals surface area contributed by atoms with E-state index in [0.29, 0.717) is 11.6 Å². The van der Waals surface area contributed by atoms with Crippen LogP contribution >= 0.6 is 11.6 Å². The molecule has 0 N–H and O–H groups in total. The Hall–Kier alpha value is -1.89. The normalized spacial score (nSPS) is 19.8. The van der Waals surface area contributed by atoms with Crippen LogP contribution in [-0.4, -0.2) is 35.8 Å². The fourth-order valence-corrected chi connectivity index (χ4v) is 3.74. The zero-order chi connectivity index (χ0) is 20.1. The zero-order valence-electron chi connectivity index (χ0n) is 16.7. The first kappa shape index (κ1) is 19.4. The number of rotatable bonds is 3. The molecule has 2 aliphatic rings. The molecule has 3 heterocycles. The Labute approximate surface area is 171 Å². The van der Waals surface area contributed by atoms with Crippen LogP contribution in [0, 0.1) is 0 Å². The Morgan fingerprint density at radius 3 is 2.57 bits per heavy atom. The molecule has 0 spiro atoms. The van der Waals surface area contributed by atoms with Crippen LogP contribution in [0.2, 0.25) is 5.02 Å². The van der Waals surface area contributed by atoms with Crippen molar-refractivity contribution in [2.75, 3.05) is 11.4 Å². The lowest BCUT2D eigenvalue weighted by molar-refractivity contribution is -0.117. The molecule has 1 aromatic heterocycles. The van der Waals surface area contributed by atoms with Gasteiger partial charge in [-0.2, -0.15) is 0 Å². The quantitative estimate of drug-likeness (QED) is 0.745. The fourth-order valence-electron chi connectivity index (χ4n) is 3.54. The Morgan fingerprint density at radius 1 is 1.21 bits per heavy atom. The predicted octanol–water partition coefficient (Wildman–Crippen LogP) is 3.17. The molecule has 4 rings (SSSR count). The van der Waals surface area contributed by atoms with E-state index in [0.717, 1.165) is 28.8 Å². The first-order valence-electron chi connectivity index (χ1n) is 9.56. The van der Waals surface area contributed by atoms with Gasteiger partial charge >= 0.3 is 7.12 Å². The van der Waals surface area contributed by atoms with Crippen LogP contribution in [0.4, 0.5) is 5.82 Å². The summed E-state index contributed by atoms with van der Waals surface area (Å²) >= 11 is 6.20. The molecule has 1 fully saturated rings. The van der Waals surface area contributed by atoms with Crippen LogP contribution in [0.5, 0.6) is 0 Å². The summed E-state index contributed by atoms with van der Waals surface area (Å²) in [5.41, 5.74) is 1.97. The highest BCUT2D eigenvalue weighted by molar-refractivity contribution is 6.62. The van der Waals surface area contributed by atoms with Gasteiger partial charge in [-0.25, -0.2) is 4.98 Å². The van der Waals surface area contributed by atoms with Crippen molar-refractivity contribution in [1.29, 1.82) is 0 Å². The monoisotopic (exact) mass is 398 g/mol. The summed E-state index contributed by atoms with van der Waals surface area (Å²) in [6.45, 7) is 8.75. The number of pyridine rings is 1. The fraction of sp³-hybridized carbons (Fsp3) is 0.429. The highest BCUT2D eigenvalue weighted by Gasteiger charge is 2.52. The maximum Gasteiger partial charge on any atom is 0.496 e. The van der Waals surface area contributed by atoms with Gasteiger partial charge in [0.15, 0.2) is 0 Å². The molecule has 0 bridgehead atoms. The Kier molecular flexibility index (Phi) is 4.77. The summed E-state index contributed by atoms with van der Waals surface area (Å²) in [6.07, 6.45) is 2.78. The minimum atomic E-state index is -0.448. The number of hydrogen-bond acceptors (Lipinski definition) is 4. The molecule has 1 amide bonds. The standard InChI is InChI=1S/C21H24BClN2O3/c1-20(2)21(3,4)28-22(27-20)16-11-15-9-10-25(19(15)24-13-16)18(26)12-14-7-5-6-8-17(14)23/h5-8,11,13H,9-10,12H2,1-4H3. The molecule has 1 aromatic carbocycles. The number of fused-ring (bicyclic) bond motifs is 1. The van der Waals surface area contributed by atoms with Crippen LogP contribution < -0.4 is 10.4 Å². The van der Waals surface area contributed by atoms with Crippen LogP contribution in [0.3, 0.4) is 0 Å². The Morgan fingerprint density at radius 2 is 1.89 bits per heavy atom. The summed E-state index contributed by atoms with van der Waals surface area (Å²) in [5, 5.41) is 0.610. The molecular weight excluding hydrogens is 375 g/mol. The number of halogens is 1. The molecule has 2 aliphatic heterocycles. The van der Waals surface area contributed by atoms with E-state index in [2.05, 4.69) is 4.98 Å². The van der Waals surface area contributed by atoms with E-state index < -0.39 is 18.3 Å². The molecule has 0 aliphatic carbocycles. The third-order valence-corrected chi connectivity index (χ3v) is 6.32. The second-order valence-corrected chi connectivity index (χ2v) is 8.81. The summed E-state index contributed by atoms with van der Waals surface area (Å²) < 4.78 is 12.2. The van der Waals surface area contributed by atoms with E-state index in [1.165, 1.54) is 0 Å². The van der Waals surface area contributed by atoms with E-state index in [-0.39, 0.29) is 12.3 Å². The van der Waals surface area contributed by atoms with Crippen LogP contribution in [-0.2, 0) is 26.9 Å². The van der Waals surface area contributed by atoms with Gasteiger partial charge in [0.05, 0.1) is 17.6 Å². The highest BCUT2D eigenvalue weighted by atomic mass is 35.5. The number of carbonyl (C=O) groups is 1. The molecule has 5 nitrogen and oxygen atoms in total. The highest BCUT2D eigenvalue weighted by Crippen LogP contribution is 2.37. The van der Waals surface area contributed by atoms with Crippen molar-refractivity contribution in [1.82, 2.24) is 4.98 Å². The summed E-state index contributed by atoms with van der Waals surface area (Å²) in [7, 11) is -0.448. The van der Waals surface area contributed by atoms with Crippen LogP contribution in [0.1, 0.15) is 38.8 Å². The maximum atomic E-state index is 12.8. The number of anilines is 1. The first-order valence-corrected chi connectivity index (χ1v) is 9.94. The zero-order valence-corrected chi connectivity index (χ0v) is 17.4. The van der Waals surface area contributed by atoms with Gasteiger partial charge in [0.25, 0.3) is 0 Å². The molecule has 2 aromatic rings. The van der Waals surface area contributed by atoms with Gasteiger partial charge < -0.3 is 9.31 Å². The summed E-state index contributed by atoms with van der Waals surface area (Å²) in [6, 6.07) is 9.48. The van der Waals surface area contributed by atoms with Gasteiger partial charge in [0, 0.05) is 23.2 Å². The van der Waals surface area contributed by atoms with Crippen molar-refractivity contribution >= 4 is 35.9 Å². The second kappa shape index (κ2) is 6.87. The molecular formula is C21H24BClN2O3. The molecule has 0 atom stereocenters. The Bertz CT molecular complexity index is 916. The smallest absolute Gasteiger partial charge is 0.399 e.